The molecule has 2 heterocycles. The lowest BCUT2D eigenvalue weighted by Crippen LogP contribution is -2.25. The molecule has 0 bridgehead atoms. The summed E-state index contributed by atoms with van der Waals surface area (Å²) in [5, 5.41) is 9.38. The first-order valence-corrected chi connectivity index (χ1v) is 20.4. The van der Waals surface area contributed by atoms with E-state index in [0.29, 0.717) is 0 Å². The van der Waals surface area contributed by atoms with Crippen LogP contribution in [0.3, 0.4) is 0 Å². The molecule has 0 atom stereocenters. The van der Waals surface area contributed by atoms with Gasteiger partial charge in [-0.1, -0.05) is 158 Å². The number of fused-ring (bicyclic) bond motifs is 20. The Morgan fingerprint density at radius 2 is 0.915 bits per heavy atom. The standard InChI is InChI=1S/C57H32O2/c1-2-12-38-33(11-1)23-26-44-55-37(17-10-22-53(55)59-56(38)44)35-24-28-49-46(32-35)54-43-18-9-16-36(34-25-30-52-45(31-34)42-15-5-8-21-51(42)58-52)39(43)27-29-50(54)57(49)47-19-6-3-13-40(47)41-14-4-7-20-48(41)57/h1-32H. The van der Waals surface area contributed by atoms with Crippen molar-refractivity contribution in [2.45, 2.75) is 5.41 Å². The fourth-order valence-electron chi connectivity index (χ4n) is 11.1. The molecule has 2 aromatic heterocycles. The van der Waals surface area contributed by atoms with E-state index in [9.17, 15) is 0 Å². The molecule has 0 saturated carbocycles. The molecular weight excluding hydrogens is 717 g/mol. The van der Waals surface area contributed by atoms with Crippen molar-refractivity contribution in [3.63, 3.8) is 0 Å². The van der Waals surface area contributed by atoms with Crippen LogP contribution in [0.5, 0.6) is 0 Å². The van der Waals surface area contributed by atoms with Gasteiger partial charge < -0.3 is 8.83 Å². The summed E-state index contributed by atoms with van der Waals surface area (Å²) < 4.78 is 12.9. The van der Waals surface area contributed by atoms with Gasteiger partial charge in [0.1, 0.15) is 22.3 Å². The molecule has 10 aromatic carbocycles. The summed E-state index contributed by atoms with van der Waals surface area (Å²) in [6, 6.07) is 71.4. The molecule has 0 fully saturated rings. The van der Waals surface area contributed by atoms with Gasteiger partial charge in [0, 0.05) is 26.9 Å². The quantitative estimate of drug-likeness (QED) is 0.176. The summed E-state index contributed by atoms with van der Waals surface area (Å²) in [5.74, 6) is 0. The van der Waals surface area contributed by atoms with Gasteiger partial charge in [0.2, 0.25) is 0 Å². The molecule has 14 rings (SSSR count). The van der Waals surface area contributed by atoms with E-state index in [1.165, 1.54) is 82.9 Å². The summed E-state index contributed by atoms with van der Waals surface area (Å²) in [4.78, 5) is 0. The van der Waals surface area contributed by atoms with Gasteiger partial charge in [-0.15, -0.1) is 0 Å². The van der Waals surface area contributed by atoms with Crippen molar-refractivity contribution in [1.29, 1.82) is 0 Å². The molecule has 0 radical (unpaired) electrons. The minimum atomic E-state index is -0.456. The molecule has 2 aliphatic rings. The highest BCUT2D eigenvalue weighted by atomic mass is 16.3. The second-order valence-corrected chi connectivity index (χ2v) is 16.2. The van der Waals surface area contributed by atoms with Crippen molar-refractivity contribution in [3.05, 3.63) is 216 Å². The molecule has 59 heavy (non-hydrogen) atoms. The molecule has 0 N–H and O–H groups in total. The first-order valence-electron chi connectivity index (χ1n) is 20.4. The van der Waals surface area contributed by atoms with Crippen LogP contribution >= 0.6 is 0 Å². The van der Waals surface area contributed by atoms with Crippen LogP contribution in [0.15, 0.2) is 203 Å². The van der Waals surface area contributed by atoms with Crippen LogP contribution in [0, 0.1) is 0 Å². The molecule has 0 aliphatic heterocycles. The maximum atomic E-state index is 6.68. The van der Waals surface area contributed by atoms with Gasteiger partial charge in [0.15, 0.2) is 0 Å². The van der Waals surface area contributed by atoms with Gasteiger partial charge in [0.25, 0.3) is 0 Å². The van der Waals surface area contributed by atoms with Crippen LogP contribution in [0.1, 0.15) is 22.3 Å². The van der Waals surface area contributed by atoms with E-state index >= 15 is 0 Å². The van der Waals surface area contributed by atoms with Gasteiger partial charge in [-0.3, -0.25) is 0 Å². The number of hydrogen-bond acceptors (Lipinski definition) is 2. The SMILES string of the molecule is c1ccc2c(c1)-c1ccccc1C21c2ccc(-c3cccc4oc5c6ccccc6ccc5c34)cc2-c2c1ccc1c(-c3ccc4oc5ccccc5c4c3)cccc21. The van der Waals surface area contributed by atoms with Crippen molar-refractivity contribution in [2.24, 2.45) is 0 Å². The summed E-state index contributed by atoms with van der Waals surface area (Å²) in [5.41, 5.74) is 18.5. The lowest BCUT2D eigenvalue weighted by Gasteiger charge is -2.30. The van der Waals surface area contributed by atoms with Crippen molar-refractivity contribution in [2.75, 3.05) is 0 Å². The molecular formula is C57H32O2. The van der Waals surface area contributed by atoms with E-state index in [1.807, 2.05) is 6.07 Å². The third-order valence-corrected chi connectivity index (χ3v) is 13.5. The van der Waals surface area contributed by atoms with E-state index in [1.54, 1.807) is 0 Å². The van der Waals surface area contributed by atoms with E-state index in [-0.39, 0.29) is 0 Å². The van der Waals surface area contributed by atoms with Gasteiger partial charge in [0.05, 0.1) is 5.41 Å². The zero-order chi connectivity index (χ0) is 38.4. The predicted molar refractivity (Wildman–Crippen MR) is 243 cm³/mol. The van der Waals surface area contributed by atoms with Crippen molar-refractivity contribution < 1.29 is 8.83 Å². The zero-order valence-electron chi connectivity index (χ0n) is 31.8. The second kappa shape index (κ2) is 11.2. The van der Waals surface area contributed by atoms with Crippen molar-refractivity contribution in [3.8, 4) is 44.5 Å². The number of benzene rings is 10. The van der Waals surface area contributed by atoms with E-state index in [0.717, 1.165) is 49.3 Å². The minimum absolute atomic E-state index is 0.456. The molecule has 2 nitrogen and oxygen atoms in total. The van der Waals surface area contributed by atoms with E-state index < -0.39 is 5.41 Å². The maximum Gasteiger partial charge on any atom is 0.143 e. The molecule has 2 aliphatic carbocycles. The van der Waals surface area contributed by atoms with E-state index in [4.69, 9.17) is 8.83 Å². The van der Waals surface area contributed by atoms with Gasteiger partial charge >= 0.3 is 0 Å². The third-order valence-electron chi connectivity index (χ3n) is 13.5. The Hall–Kier alpha value is -7.68. The Bertz CT molecular complexity index is 3750. The molecule has 0 unspecified atom stereocenters. The van der Waals surface area contributed by atoms with Crippen molar-refractivity contribution >= 4 is 65.4 Å². The minimum Gasteiger partial charge on any atom is -0.456 e. The van der Waals surface area contributed by atoms with Crippen LogP contribution < -0.4 is 0 Å². The highest BCUT2D eigenvalue weighted by Crippen LogP contribution is 2.64. The number of furan rings is 2. The summed E-state index contributed by atoms with van der Waals surface area (Å²) in [6.45, 7) is 0. The summed E-state index contributed by atoms with van der Waals surface area (Å²) >= 11 is 0. The van der Waals surface area contributed by atoms with Gasteiger partial charge in [-0.25, -0.2) is 0 Å². The topological polar surface area (TPSA) is 26.3 Å². The van der Waals surface area contributed by atoms with E-state index in [2.05, 4.69) is 188 Å². The molecule has 12 aromatic rings. The highest BCUT2D eigenvalue weighted by Gasteiger charge is 2.52. The third kappa shape index (κ3) is 3.96. The monoisotopic (exact) mass is 748 g/mol. The fourth-order valence-corrected chi connectivity index (χ4v) is 11.1. The Kier molecular flexibility index (Phi) is 5.99. The van der Waals surface area contributed by atoms with Gasteiger partial charge in [-0.05, 0) is 119 Å². The number of para-hydroxylation sites is 1. The Labute approximate surface area is 339 Å². The first kappa shape index (κ1) is 31.4. The first-order chi connectivity index (χ1) is 29.3. The van der Waals surface area contributed by atoms with Gasteiger partial charge in [-0.2, -0.15) is 0 Å². The van der Waals surface area contributed by atoms with Crippen LogP contribution in [-0.2, 0) is 5.41 Å². The largest absolute Gasteiger partial charge is 0.456 e. The Balaban J connectivity index is 1.07. The second-order valence-electron chi connectivity index (χ2n) is 16.2. The normalized spacial score (nSPS) is 13.6. The zero-order valence-corrected chi connectivity index (χ0v) is 31.8. The van der Waals surface area contributed by atoms with Crippen LogP contribution in [0.2, 0.25) is 0 Å². The van der Waals surface area contributed by atoms with Crippen LogP contribution in [0.25, 0.3) is 110 Å². The average molecular weight is 749 g/mol. The molecule has 1 spiro atoms. The lowest BCUT2D eigenvalue weighted by molar-refractivity contribution is 0.669. The summed E-state index contributed by atoms with van der Waals surface area (Å²) in [7, 11) is 0. The van der Waals surface area contributed by atoms with Crippen LogP contribution in [-0.4, -0.2) is 0 Å². The number of hydrogen-bond donors (Lipinski definition) is 0. The molecule has 0 saturated heterocycles. The maximum absolute atomic E-state index is 6.68. The smallest absolute Gasteiger partial charge is 0.143 e. The Morgan fingerprint density at radius 3 is 1.80 bits per heavy atom. The number of rotatable bonds is 2. The van der Waals surface area contributed by atoms with Crippen LogP contribution in [0.4, 0.5) is 0 Å². The highest BCUT2D eigenvalue weighted by molar-refractivity contribution is 6.20. The predicted octanol–water partition coefficient (Wildman–Crippen LogP) is 15.5. The van der Waals surface area contributed by atoms with Crippen molar-refractivity contribution in [1.82, 2.24) is 0 Å². The molecule has 272 valence electrons. The molecule has 0 amide bonds. The summed E-state index contributed by atoms with van der Waals surface area (Å²) in [6.07, 6.45) is 0. The Morgan fingerprint density at radius 1 is 0.305 bits per heavy atom. The molecule has 2 heteroatoms. The lowest BCUT2D eigenvalue weighted by atomic mass is 9.70. The fraction of sp³-hybridized carbons (Fsp3) is 0.0175. The average Bonchev–Trinajstić information content (AvgIpc) is 4.04.